The van der Waals surface area contributed by atoms with Gasteiger partial charge >= 0.3 is 6.16 Å². The summed E-state index contributed by atoms with van der Waals surface area (Å²) in [5.74, 6) is 0. The first-order chi connectivity index (χ1) is 6.77. The Kier molecular flexibility index (Phi) is 3.67. The first-order valence-corrected chi connectivity index (χ1v) is 4.06. The third kappa shape index (κ3) is 2.58. The predicted octanol–water partition coefficient (Wildman–Crippen LogP) is 2.09. The van der Waals surface area contributed by atoms with Gasteiger partial charge in [-0.25, -0.2) is 4.79 Å². The van der Waals surface area contributed by atoms with Gasteiger partial charge in [0.25, 0.3) is 0 Å². The van der Waals surface area contributed by atoms with E-state index in [9.17, 15) is 4.79 Å². The van der Waals surface area contributed by atoms with Gasteiger partial charge in [0, 0.05) is 6.20 Å². The summed E-state index contributed by atoms with van der Waals surface area (Å²) < 4.78 is 9.26. The summed E-state index contributed by atoms with van der Waals surface area (Å²) in [6.07, 6.45) is 1.79. The van der Waals surface area contributed by atoms with E-state index in [-0.39, 0.29) is 0 Å². The second-order valence-corrected chi connectivity index (χ2v) is 2.48. The van der Waals surface area contributed by atoms with Crippen molar-refractivity contribution in [3.05, 3.63) is 42.7 Å². The zero-order chi connectivity index (χ0) is 10.4. The molecule has 1 heterocycles. The van der Waals surface area contributed by atoms with Crippen LogP contribution in [-0.2, 0) is 9.47 Å². The van der Waals surface area contributed by atoms with Crippen LogP contribution in [0.5, 0.6) is 0 Å². The van der Waals surface area contributed by atoms with E-state index in [1.807, 2.05) is 0 Å². The highest BCUT2D eigenvalue weighted by molar-refractivity contribution is 5.60. The number of hydrogen-bond acceptors (Lipinski definition) is 4. The van der Waals surface area contributed by atoms with E-state index in [1.165, 1.54) is 13.2 Å². The molecule has 14 heavy (non-hydrogen) atoms. The van der Waals surface area contributed by atoms with Crippen LogP contribution in [0.3, 0.4) is 0 Å². The minimum atomic E-state index is -0.749. The van der Waals surface area contributed by atoms with Gasteiger partial charge in [-0.2, -0.15) is 0 Å². The van der Waals surface area contributed by atoms with E-state index in [4.69, 9.17) is 4.74 Å². The Bertz CT molecular complexity index is 310. The van der Waals surface area contributed by atoms with Crippen molar-refractivity contribution in [3.8, 4) is 0 Å². The van der Waals surface area contributed by atoms with Crippen LogP contribution in [0.1, 0.15) is 11.8 Å². The predicted molar refractivity (Wildman–Crippen MR) is 50.7 cm³/mol. The zero-order valence-corrected chi connectivity index (χ0v) is 7.84. The molecule has 0 saturated carbocycles. The van der Waals surface area contributed by atoms with Crippen LogP contribution >= 0.6 is 0 Å². The fraction of sp³-hybridized carbons (Fsp3) is 0.200. The minimum absolute atomic E-state index is 0.566. The van der Waals surface area contributed by atoms with Crippen molar-refractivity contribution >= 4 is 6.16 Å². The fourth-order valence-corrected chi connectivity index (χ4v) is 0.925. The molecule has 0 N–H and O–H groups in total. The van der Waals surface area contributed by atoms with Gasteiger partial charge in [-0.3, -0.25) is 4.98 Å². The van der Waals surface area contributed by atoms with Crippen LogP contribution in [0, 0.1) is 0 Å². The van der Waals surface area contributed by atoms with Crippen molar-refractivity contribution < 1.29 is 14.3 Å². The molecule has 0 spiro atoms. The molecule has 1 aromatic rings. The molecule has 0 bridgehead atoms. The van der Waals surface area contributed by atoms with Gasteiger partial charge in [0.15, 0.2) is 6.10 Å². The van der Waals surface area contributed by atoms with Crippen molar-refractivity contribution in [2.45, 2.75) is 6.10 Å². The van der Waals surface area contributed by atoms with E-state index >= 15 is 0 Å². The largest absolute Gasteiger partial charge is 0.508 e. The molecule has 1 atom stereocenters. The van der Waals surface area contributed by atoms with E-state index in [0.717, 1.165) is 0 Å². The molecule has 4 heteroatoms. The van der Waals surface area contributed by atoms with Gasteiger partial charge < -0.3 is 9.47 Å². The number of methoxy groups -OCH3 is 1. The molecule has 0 radical (unpaired) electrons. The molecular formula is C10H11NO3. The summed E-state index contributed by atoms with van der Waals surface area (Å²) >= 11 is 0. The summed E-state index contributed by atoms with van der Waals surface area (Å²) in [5.41, 5.74) is 0.618. The highest BCUT2D eigenvalue weighted by Crippen LogP contribution is 2.15. The number of nitrogens with zero attached hydrogens (tertiary/aromatic N) is 1. The number of pyridine rings is 1. The lowest BCUT2D eigenvalue weighted by Crippen LogP contribution is -2.10. The molecule has 1 aromatic heterocycles. The molecule has 1 unspecified atom stereocenters. The second kappa shape index (κ2) is 5.01. The number of hydrogen-bond donors (Lipinski definition) is 0. The number of ether oxygens (including phenoxy) is 2. The molecule has 0 aliphatic carbocycles. The number of rotatable bonds is 3. The lowest BCUT2D eigenvalue weighted by Gasteiger charge is -2.11. The van der Waals surface area contributed by atoms with Gasteiger partial charge in [0.1, 0.15) is 0 Å². The van der Waals surface area contributed by atoms with E-state index in [1.54, 1.807) is 24.4 Å². The molecule has 0 aliphatic heterocycles. The lowest BCUT2D eigenvalue weighted by atomic mass is 10.2. The topological polar surface area (TPSA) is 48.4 Å². The van der Waals surface area contributed by atoms with Crippen molar-refractivity contribution in [3.63, 3.8) is 0 Å². The Morgan fingerprint density at radius 2 is 2.43 bits per heavy atom. The van der Waals surface area contributed by atoms with Crippen molar-refractivity contribution in [1.82, 2.24) is 4.98 Å². The van der Waals surface area contributed by atoms with Crippen LogP contribution in [-0.4, -0.2) is 18.2 Å². The van der Waals surface area contributed by atoms with E-state index in [2.05, 4.69) is 16.3 Å². The first-order valence-electron chi connectivity index (χ1n) is 4.06. The van der Waals surface area contributed by atoms with Crippen LogP contribution in [0.2, 0.25) is 0 Å². The Hall–Kier alpha value is -1.84. The smallest absolute Gasteiger partial charge is 0.438 e. The van der Waals surface area contributed by atoms with Gasteiger partial charge in [-0.15, -0.1) is 0 Å². The Labute approximate surface area is 82.2 Å². The zero-order valence-electron chi connectivity index (χ0n) is 7.84. The fourth-order valence-electron chi connectivity index (χ4n) is 0.925. The maximum absolute atomic E-state index is 10.8. The van der Waals surface area contributed by atoms with E-state index < -0.39 is 12.3 Å². The number of aromatic nitrogens is 1. The highest BCUT2D eigenvalue weighted by atomic mass is 16.7. The molecule has 0 aromatic carbocycles. The van der Waals surface area contributed by atoms with Gasteiger partial charge in [-0.05, 0) is 18.2 Å². The minimum Gasteiger partial charge on any atom is -0.438 e. The van der Waals surface area contributed by atoms with E-state index in [0.29, 0.717) is 5.69 Å². The molecular weight excluding hydrogens is 182 g/mol. The van der Waals surface area contributed by atoms with Crippen molar-refractivity contribution in [1.29, 1.82) is 0 Å². The second-order valence-electron chi connectivity index (χ2n) is 2.48. The monoisotopic (exact) mass is 193 g/mol. The van der Waals surface area contributed by atoms with Crippen LogP contribution in [0.15, 0.2) is 37.1 Å². The maximum atomic E-state index is 10.8. The Morgan fingerprint density at radius 3 is 2.93 bits per heavy atom. The normalized spacial score (nSPS) is 11.5. The molecule has 4 nitrogen and oxygen atoms in total. The lowest BCUT2D eigenvalue weighted by molar-refractivity contribution is 0.0510. The summed E-state index contributed by atoms with van der Waals surface area (Å²) in [5, 5.41) is 0. The van der Waals surface area contributed by atoms with Gasteiger partial charge in [0.2, 0.25) is 0 Å². The third-order valence-electron chi connectivity index (χ3n) is 1.58. The van der Waals surface area contributed by atoms with Crippen LogP contribution in [0.25, 0.3) is 0 Å². The number of carbonyl (C=O) groups excluding carboxylic acids is 1. The third-order valence-corrected chi connectivity index (χ3v) is 1.58. The summed E-state index contributed by atoms with van der Waals surface area (Å²) in [6, 6.07) is 5.33. The summed E-state index contributed by atoms with van der Waals surface area (Å²) in [6.45, 7) is 3.55. The average molecular weight is 193 g/mol. The summed E-state index contributed by atoms with van der Waals surface area (Å²) in [4.78, 5) is 14.9. The van der Waals surface area contributed by atoms with Crippen LogP contribution < -0.4 is 0 Å². The molecule has 0 aliphatic rings. The Balaban J connectivity index is 2.73. The molecule has 0 saturated heterocycles. The number of carbonyl (C=O) groups is 1. The quantitative estimate of drug-likeness (QED) is 0.544. The highest BCUT2D eigenvalue weighted by Gasteiger charge is 2.13. The molecule has 1 rings (SSSR count). The average Bonchev–Trinajstić information content (AvgIpc) is 2.26. The van der Waals surface area contributed by atoms with Crippen LogP contribution in [0.4, 0.5) is 4.79 Å². The molecule has 0 amide bonds. The molecule has 0 fully saturated rings. The maximum Gasteiger partial charge on any atom is 0.508 e. The molecule has 74 valence electrons. The Morgan fingerprint density at radius 1 is 1.64 bits per heavy atom. The van der Waals surface area contributed by atoms with Crippen molar-refractivity contribution in [2.24, 2.45) is 0 Å². The van der Waals surface area contributed by atoms with Gasteiger partial charge in [-0.1, -0.05) is 12.6 Å². The standard InChI is InChI=1S/C10H11NO3/c1-3-9(14-10(12)13-2)8-6-4-5-7-11-8/h3-7,9H,1H2,2H3. The van der Waals surface area contributed by atoms with Gasteiger partial charge in [0.05, 0.1) is 12.8 Å². The SMILES string of the molecule is C=CC(OC(=O)OC)c1ccccn1. The first kappa shape index (κ1) is 10.2. The summed E-state index contributed by atoms with van der Waals surface area (Å²) in [7, 11) is 1.25. The van der Waals surface area contributed by atoms with Crippen molar-refractivity contribution in [2.75, 3.05) is 7.11 Å².